The molecule has 0 radical (unpaired) electrons. The van der Waals surface area contributed by atoms with Gasteiger partial charge in [0.05, 0.1) is 31.9 Å². The van der Waals surface area contributed by atoms with Crippen LogP contribution in [0.1, 0.15) is 163 Å². The second kappa shape index (κ2) is 18.0. The maximum atomic E-state index is 12.5. The van der Waals surface area contributed by atoms with Crippen LogP contribution >= 0.6 is 0 Å². The molecule has 0 saturated heterocycles. The number of phenols is 1. The Labute approximate surface area is 437 Å². The molecule has 0 bridgehead atoms. The fourth-order valence-corrected chi connectivity index (χ4v) is 7.65. The van der Waals surface area contributed by atoms with Crippen LogP contribution in [0.2, 0.25) is 0 Å². The summed E-state index contributed by atoms with van der Waals surface area (Å²) in [6.45, 7) is -9.40. The first-order chi connectivity index (χ1) is 40.6. The van der Waals surface area contributed by atoms with Crippen LogP contribution < -0.4 is 0 Å². The molecule has 0 aliphatic carbocycles. The third-order valence-corrected chi connectivity index (χ3v) is 11.3. The third-order valence-electron chi connectivity index (χ3n) is 11.3. The van der Waals surface area contributed by atoms with Gasteiger partial charge in [-0.25, -0.2) is 4.98 Å². The molecule has 0 saturated carbocycles. The van der Waals surface area contributed by atoms with Gasteiger partial charge < -0.3 is 5.11 Å². The smallest absolute Gasteiger partial charge is 0.148 e. The average Bonchev–Trinajstić information content (AvgIpc) is 0.793. The molecule has 5 heteroatoms. The minimum atomic E-state index is -3.98. The monoisotopic (exact) mass is 1060 g/mol. The number of aromatic hydroxyl groups is 1. The van der Waals surface area contributed by atoms with Crippen LogP contribution in [0.3, 0.4) is 0 Å². The molecule has 0 amide bonds. The van der Waals surface area contributed by atoms with Crippen molar-refractivity contribution in [3.8, 4) is 67.5 Å². The molecule has 1 N–H and O–H groups in total. The Hall–Kier alpha value is -5.57. The number of para-hydroxylation sites is 1. The van der Waals surface area contributed by atoms with Gasteiger partial charge in [-0.15, -0.1) is 29.3 Å². The molecule has 65 heavy (non-hydrogen) atoms. The number of aromatic nitrogens is 3. The Kier molecular flexibility index (Phi) is 6.88. The number of phenolic OH excluding ortho intramolecular Hbond substituents is 1. The van der Waals surface area contributed by atoms with E-state index in [1.165, 1.54) is 18.2 Å². The number of pyridine rings is 1. The molecule has 0 aliphatic heterocycles. The Morgan fingerprint density at radius 1 is 0.631 bits per heavy atom. The van der Waals surface area contributed by atoms with Gasteiger partial charge >= 0.3 is 0 Å². The van der Waals surface area contributed by atoms with Gasteiger partial charge in [0, 0.05) is 63.2 Å². The molecular weight excluding hydrogens is 974 g/mol. The fourth-order valence-electron chi connectivity index (χ4n) is 7.65. The van der Waals surface area contributed by atoms with Crippen LogP contribution in [0.4, 0.5) is 0 Å². The SMILES string of the molecule is [2H]c1nc(-c2[c-]c(-c3cccc4c3nc(-c3cc(C(C)C)cc(C(C)C)c3O)n4-c3ccc(C(C([2H])([2H])[2H])(C([2H])([2H])[2H])C([2H])([2H])[2H])cc3-c3ccccc3)cc(C(C)(C)C)c2)c([2H])c(-c2c([2H])c([2H])c(C(C([2H])([2H])[2H])(C([2H])([2H])[2H])C([2H])([2H])[2H])c([2H])c2[2H])c1[2H].[Pt]. The van der Waals surface area contributed by atoms with Gasteiger partial charge in [-0.1, -0.05) is 186 Å². The summed E-state index contributed by atoms with van der Waals surface area (Å²) in [4.78, 5) is 9.68. The van der Waals surface area contributed by atoms with Crippen molar-refractivity contribution in [2.45, 2.75) is 118 Å². The summed E-state index contributed by atoms with van der Waals surface area (Å²) >= 11 is 0. The van der Waals surface area contributed by atoms with E-state index in [0.29, 0.717) is 27.8 Å². The molecule has 2 heterocycles. The van der Waals surface area contributed by atoms with Gasteiger partial charge in [-0.05, 0) is 97.3 Å². The first kappa shape index (κ1) is 24.8. The maximum Gasteiger partial charge on any atom is 0.148 e. The molecular formula is C60H64N3OPt-. The minimum Gasteiger partial charge on any atom is -0.507 e. The summed E-state index contributed by atoms with van der Waals surface area (Å²) < 4.78 is 218. The fraction of sp³-hybridized carbons (Fsp3) is 0.300. The van der Waals surface area contributed by atoms with Gasteiger partial charge in [0.15, 0.2) is 0 Å². The second-order valence-corrected chi connectivity index (χ2v) is 17.8. The minimum absolute atomic E-state index is 0. The van der Waals surface area contributed by atoms with Crippen molar-refractivity contribution in [3.63, 3.8) is 0 Å². The number of fused-ring (bicyclic) bond motifs is 1. The summed E-state index contributed by atoms with van der Waals surface area (Å²) in [7, 11) is 0. The Morgan fingerprint density at radius 3 is 1.98 bits per heavy atom. The largest absolute Gasteiger partial charge is 0.507 e. The summed E-state index contributed by atoms with van der Waals surface area (Å²) in [5.74, 6) is -0.315. The van der Waals surface area contributed by atoms with E-state index < -0.39 is 122 Å². The summed E-state index contributed by atoms with van der Waals surface area (Å²) in [5, 5.41) is 12.5. The van der Waals surface area contributed by atoms with Gasteiger partial charge in [0.1, 0.15) is 11.6 Å². The first-order valence-corrected chi connectivity index (χ1v) is 20.9. The second-order valence-electron chi connectivity index (χ2n) is 17.8. The van der Waals surface area contributed by atoms with Crippen LogP contribution in [0.25, 0.3) is 72.7 Å². The molecule has 8 aromatic rings. The van der Waals surface area contributed by atoms with Crippen LogP contribution in [0, 0.1) is 6.07 Å². The normalized spacial score (nSPS) is 19.1. The zero-order chi connectivity index (χ0) is 67.0. The van der Waals surface area contributed by atoms with Gasteiger partial charge in [0.25, 0.3) is 0 Å². The van der Waals surface area contributed by atoms with E-state index in [1.54, 1.807) is 71.3 Å². The topological polar surface area (TPSA) is 50.9 Å². The van der Waals surface area contributed by atoms with Gasteiger partial charge in [-0.3, -0.25) is 9.55 Å². The first-order valence-electron chi connectivity index (χ1n) is 33.4. The van der Waals surface area contributed by atoms with E-state index in [2.05, 4.69) is 11.1 Å². The number of imidazole rings is 1. The van der Waals surface area contributed by atoms with E-state index in [0.717, 1.165) is 5.56 Å². The standard InChI is InChI=1S/C60H64N3O.Pt/c1-37(2)42-33-49(38(3)4)56(64)51(34-42)57-62-55-48(20-17-21-54(55)63(57)53-27-26-46(59(8,9)10)36-50(53)40-18-15-14-16-19-40)43-30-44(32-47(31-43)60(11,12)13)52-35-41(28-29-61-52)39-22-24-45(25-23-39)58(5,6)7;/h14-29,31-38,64H,1-13H3;/q-1;/i5D3,6D3,7D3,8D3,9D3,10D3,22D,23D,24D,25D,28D,29D,35D;. The van der Waals surface area contributed by atoms with Crippen molar-refractivity contribution in [1.29, 1.82) is 0 Å². The van der Waals surface area contributed by atoms with E-state index in [4.69, 9.17) is 35.1 Å². The number of hydrogen-bond acceptors (Lipinski definition) is 3. The van der Waals surface area contributed by atoms with Crippen molar-refractivity contribution >= 4 is 11.0 Å². The zero-order valence-corrected chi connectivity index (χ0v) is 39.2. The molecule has 4 nitrogen and oxygen atoms in total. The predicted molar refractivity (Wildman–Crippen MR) is 271 cm³/mol. The molecule has 0 unspecified atom stereocenters. The van der Waals surface area contributed by atoms with Crippen molar-refractivity contribution in [2.75, 3.05) is 0 Å². The van der Waals surface area contributed by atoms with Crippen molar-refractivity contribution in [2.24, 2.45) is 0 Å². The van der Waals surface area contributed by atoms with Crippen LogP contribution in [0.5, 0.6) is 5.75 Å². The van der Waals surface area contributed by atoms with Crippen molar-refractivity contribution in [1.82, 2.24) is 14.5 Å². The van der Waals surface area contributed by atoms with E-state index >= 15 is 0 Å². The summed E-state index contributed by atoms with van der Waals surface area (Å²) in [6, 6.07) is 21.0. The molecule has 8 rings (SSSR count). The number of rotatable bonds is 8. The van der Waals surface area contributed by atoms with Crippen molar-refractivity contribution in [3.05, 3.63) is 167 Å². The molecule has 0 spiro atoms. The van der Waals surface area contributed by atoms with E-state index in [1.807, 2.05) is 54.5 Å². The molecule has 0 fully saturated rings. The Morgan fingerprint density at radius 2 is 1.32 bits per heavy atom. The molecule has 0 aliphatic rings. The Balaban J connectivity index is 0.0000115. The quantitative estimate of drug-likeness (QED) is 0.154. The number of nitrogens with zero attached hydrogens (tertiary/aromatic N) is 3. The summed E-state index contributed by atoms with van der Waals surface area (Å²) in [6.07, 6.45) is -0.839. The van der Waals surface area contributed by atoms with E-state index in [-0.39, 0.29) is 83.6 Å². The van der Waals surface area contributed by atoms with Crippen molar-refractivity contribution < 1.29 is 60.4 Å². The molecule has 336 valence electrons. The van der Waals surface area contributed by atoms with Gasteiger partial charge in [0.2, 0.25) is 0 Å². The molecule has 6 aromatic carbocycles. The van der Waals surface area contributed by atoms with E-state index in [9.17, 15) is 9.22 Å². The predicted octanol–water partition coefficient (Wildman–Crippen LogP) is 16.4. The zero-order valence-electron chi connectivity index (χ0n) is 61.9. The maximum absolute atomic E-state index is 12.5. The Bertz CT molecular complexity index is 3990. The number of benzene rings is 6. The third kappa shape index (κ3) is 9.57. The van der Waals surface area contributed by atoms with Crippen LogP contribution in [-0.2, 0) is 37.3 Å². The average molecular weight is 1060 g/mol. The van der Waals surface area contributed by atoms with Gasteiger partial charge in [-0.2, -0.15) is 0 Å². The summed E-state index contributed by atoms with van der Waals surface area (Å²) in [5.41, 5.74) is -7.78. The van der Waals surface area contributed by atoms with Crippen LogP contribution in [0.15, 0.2) is 133 Å². The van der Waals surface area contributed by atoms with Crippen LogP contribution in [-0.4, -0.2) is 19.6 Å². The molecule has 0 atom stereocenters. The number of hydrogen-bond donors (Lipinski definition) is 1. The molecule has 2 aromatic heterocycles.